The van der Waals surface area contributed by atoms with Gasteiger partial charge in [-0.25, -0.2) is 4.98 Å². The number of halogens is 1. The van der Waals surface area contributed by atoms with Gasteiger partial charge in [0.15, 0.2) is 0 Å². The van der Waals surface area contributed by atoms with Crippen LogP contribution >= 0.6 is 15.9 Å². The van der Waals surface area contributed by atoms with Crippen molar-refractivity contribution in [2.75, 3.05) is 6.61 Å². The maximum absolute atomic E-state index is 8.76. The maximum atomic E-state index is 8.76. The molecule has 0 aliphatic rings. The number of hydrogen-bond acceptors (Lipinski definition) is 2. The van der Waals surface area contributed by atoms with E-state index in [2.05, 4.69) is 20.9 Å². The number of hydrogen-bond donors (Lipinski definition) is 1. The SMILES string of the molecule is OCCCc1nc(Br)c2ccccn12. The summed E-state index contributed by atoms with van der Waals surface area (Å²) in [6.07, 6.45) is 3.54. The van der Waals surface area contributed by atoms with Gasteiger partial charge >= 0.3 is 0 Å². The van der Waals surface area contributed by atoms with Gasteiger partial charge in [0, 0.05) is 19.2 Å². The molecule has 0 saturated heterocycles. The van der Waals surface area contributed by atoms with E-state index < -0.39 is 0 Å². The summed E-state index contributed by atoms with van der Waals surface area (Å²) in [5.41, 5.74) is 1.07. The number of aliphatic hydroxyl groups is 1. The van der Waals surface area contributed by atoms with E-state index in [4.69, 9.17) is 5.11 Å². The zero-order valence-corrected chi connectivity index (χ0v) is 9.24. The van der Waals surface area contributed by atoms with Gasteiger partial charge in [0.2, 0.25) is 0 Å². The summed E-state index contributed by atoms with van der Waals surface area (Å²) in [5, 5.41) is 8.76. The molecule has 0 saturated carbocycles. The molecule has 2 aromatic heterocycles. The van der Waals surface area contributed by atoms with Crippen molar-refractivity contribution in [3.8, 4) is 0 Å². The fraction of sp³-hybridized carbons (Fsp3) is 0.300. The number of rotatable bonds is 3. The highest BCUT2D eigenvalue weighted by molar-refractivity contribution is 9.10. The molecule has 0 aromatic carbocycles. The normalized spacial score (nSPS) is 11.0. The van der Waals surface area contributed by atoms with Crippen LogP contribution in [-0.2, 0) is 6.42 Å². The Bertz CT molecular complexity index is 439. The molecule has 2 rings (SSSR count). The highest BCUT2D eigenvalue weighted by atomic mass is 79.9. The molecule has 0 aliphatic carbocycles. The van der Waals surface area contributed by atoms with Crippen molar-refractivity contribution in [2.45, 2.75) is 12.8 Å². The molecule has 74 valence electrons. The molecule has 0 radical (unpaired) electrons. The maximum Gasteiger partial charge on any atom is 0.132 e. The Balaban J connectivity index is 2.44. The van der Waals surface area contributed by atoms with Crippen LogP contribution in [-0.4, -0.2) is 21.1 Å². The molecule has 0 spiro atoms. The van der Waals surface area contributed by atoms with Crippen LogP contribution < -0.4 is 0 Å². The molecule has 0 unspecified atom stereocenters. The average Bonchev–Trinajstić information content (AvgIpc) is 2.54. The molecule has 0 aliphatic heterocycles. The average molecular weight is 255 g/mol. The topological polar surface area (TPSA) is 37.5 Å². The molecule has 0 bridgehead atoms. The standard InChI is InChI=1S/C10H11BrN2O/c11-10-8-4-1-2-6-13(8)9(12-10)5-3-7-14/h1-2,4,6,14H,3,5,7H2. The first-order valence-corrected chi connectivity index (χ1v) is 5.34. The zero-order chi connectivity index (χ0) is 9.97. The number of aryl methyl sites for hydroxylation is 1. The first-order chi connectivity index (χ1) is 6.83. The Morgan fingerprint density at radius 3 is 3.07 bits per heavy atom. The molecular weight excluding hydrogens is 244 g/mol. The van der Waals surface area contributed by atoms with Crippen LogP contribution in [0.2, 0.25) is 0 Å². The minimum Gasteiger partial charge on any atom is -0.396 e. The van der Waals surface area contributed by atoms with Gasteiger partial charge in [-0.15, -0.1) is 0 Å². The van der Waals surface area contributed by atoms with Crippen molar-refractivity contribution in [1.82, 2.24) is 9.38 Å². The van der Waals surface area contributed by atoms with Crippen molar-refractivity contribution in [3.63, 3.8) is 0 Å². The van der Waals surface area contributed by atoms with E-state index >= 15 is 0 Å². The predicted molar refractivity (Wildman–Crippen MR) is 58.3 cm³/mol. The largest absolute Gasteiger partial charge is 0.396 e. The third-order valence-corrected chi connectivity index (χ3v) is 2.72. The van der Waals surface area contributed by atoms with Gasteiger partial charge in [-0.1, -0.05) is 6.07 Å². The third-order valence-electron chi connectivity index (χ3n) is 2.14. The van der Waals surface area contributed by atoms with E-state index in [1.807, 2.05) is 28.8 Å². The highest BCUT2D eigenvalue weighted by Crippen LogP contribution is 2.19. The van der Waals surface area contributed by atoms with Crippen LogP contribution in [0.15, 0.2) is 29.0 Å². The molecule has 14 heavy (non-hydrogen) atoms. The van der Waals surface area contributed by atoms with Crippen molar-refractivity contribution >= 4 is 21.4 Å². The van der Waals surface area contributed by atoms with E-state index in [0.717, 1.165) is 28.8 Å². The molecule has 4 heteroatoms. The summed E-state index contributed by atoms with van der Waals surface area (Å²) in [4.78, 5) is 4.40. The van der Waals surface area contributed by atoms with E-state index in [-0.39, 0.29) is 6.61 Å². The third kappa shape index (κ3) is 1.67. The Hall–Kier alpha value is -0.870. The summed E-state index contributed by atoms with van der Waals surface area (Å²) in [7, 11) is 0. The molecule has 0 fully saturated rings. The second-order valence-corrected chi connectivity index (χ2v) is 3.85. The lowest BCUT2D eigenvalue weighted by Gasteiger charge is -1.98. The zero-order valence-electron chi connectivity index (χ0n) is 7.65. The van der Waals surface area contributed by atoms with Gasteiger partial charge in [-0.2, -0.15) is 0 Å². The van der Waals surface area contributed by atoms with Crippen LogP contribution in [0.1, 0.15) is 12.2 Å². The molecular formula is C10H11BrN2O. The number of nitrogens with zero attached hydrogens (tertiary/aromatic N) is 2. The quantitative estimate of drug-likeness (QED) is 0.911. The van der Waals surface area contributed by atoms with Gasteiger partial charge < -0.3 is 9.51 Å². The lowest BCUT2D eigenvalue weighted by Crippen LogP contribution is -1.96. The molecule has 2 aromatic rings. The smallest absolute Gasteiger partial charge is 0.132 e. The molecule has 2 heterocycles. The second-order valence-electron chi connectivity index (χ2n) is 3.10. The number of pyridine rings is 1. The summed E-state index contributed by atoms with van der Waals surface area (Å²) in [6, 6.07) is 5.97. The Morgan fingerprint density at radius 2 is 2.29 bits per heavy atom. The minimum atomic E-state index is 0.208. The molecule has 0 amide bonds. The number of fused-ring (bicyclic) bond motifs is 1. The summed E-state index contributed by atoms with van der Waals surface area (Å²) < 4.78 is 2.91. The van der Waals surface area contributed by atoms with Gasteiger partial charge in [0.25, 0.3) is 0 Å². The van der Waals surface area contributed by atoms with Crippen molar-refractivity contribution < 1.29 is 5.11 Å². The van der Waals surface area contributed by atoms with Gasteiger partial charge in [-0.05, 0) is 34.5 Å². The van der Waals surface area contributed by atoms with Crippen LogP contribution in [0.5, 0.6) is 0 Å². The van der Waals surface area contributed by atoms with Crippen molar-refractivity contribution in [2.24, 2.45) is 0 Å². The molecule has 3 nitrogen and oxygen atoms in total. The van der Waals surface area contributed by atoms with Crippen LogP contribution in [0, 0.1) is 0 Å². The van der Waals surface area contributed by atoms with Crippen LogP contribution in [0.3, 0.4) is 0 Å². The lowest BCUT2D eigenvalue weighted by atomic mass is 10.3. The van der Waals surface area contributed by atoms with Crippen LogP contribution in [0.4, 0.5) is 0 Å². The van der Waals surface area contributed by atoms with Gasteiger partial charge in [-0.3, -0.25) is 0 Å². The lowest BCUT2D eigenvalue weighted by molar-refractivity contribution is 0.287. The van der Waals surface area contributed by atoms with Gasteiger partial charge in [0.1, 0.15) is 10.4 Å². The monoisotopic (exact) mass is 254 g/mol. The first-order valence-electron chi connectivity index (χ1n) is 4.55. The van der Waals surface area contributed by atoms with E-state index in [9.17, 15) is 0 Å². The van der Waals surface area contributed by atoms with E-state index in [1.54, 1.807) is 0 Å². The molecule has 1 N–H and O–H groups in total. The van der Waals surface area contributed by atoms with Gasteiger partial charge in [0.05, 0.1) is 5.52 Å². The first kappa shape index (κ1) is 9.68. The molecule has 0 atom stereocenters. The predicted octanol–water partition coefficient (Wildman–Crippen LogP) is 2.02. The number of aliphatic hydroxyl groups excluding tert-OH is 1. The minimum absolute atomic E-state index is 0.208. The summed E-state index contributed by atoms with van der Waals surface area (Å²) >= 11 is 3.42. The van der Waals surface area contributed by atoms with Crippen molar-refractivity contribution in [1.29, 1.82) is 0 Å². The number of aromatic nitrogens is 2. The van der Waals surface area contributed by atoms with Crippen LogP contribution in [0.25, 0.3) is 5.52 Å². The highest BCUT2D eigenvalue weighted by Gasteiger charge is 2.06. The Labute approximate surface area is 90.5 Å². The fourth-order valence-electron chi connectivity index (χ4n) is 1.47. The second kappa shape index (κ2) is 4.11. The summed E-state index contributed by atoms with van der Waals surface area (Å²) in [6.45, 7) is 0.208. The van der Waals surface area contributed by atoms with Crippen molar-refractivity contribution in [3.05, 3.63) is 34.8 Å². The Morgan fingerprint density at radius 1 is 1.43 bits per heavy atom. The fourth-order valence-corrected chi connectivity index (χ4v) is 2.00. The Kier molecular flexibility index (Phi) is 2.84. The number of imidazole rings is 1. The van der Waals surface area contributed by atoms with E-state index in [0.29, 0.717) is 0 Å². The summed E-state index contributed by atoms with van der Waals surface area (Å²) in [5.74, 6) is 0.988. The van der Waals surface area contributed by atoms with E-state index in [1.165, 1.54) is 0 Å².